The molecule has 0 saturated heterocycles. The average Bonchev–Trinajstić information content (AvgIpc) is 3.35. The van der Waals surface area contributed by atoms with Gasteiger partial charge >= 0.3 is 0 Å². The number of anilines is 2. The van der Waals surface area contributed by atoms with E-state index in [1.165, 1.54) is 4.90 Å². The molecule has 0 bridgehead atoms. The zero-order valence-electron chi connectivity index (χ0n) is 19.2. The third kappa shape index (κ3) is 4.50. The minimum absolute atomic E-state index is 0.0645. The molecule has 0 aliphatic carbocycles. The molecule has 10 heteroatoms. The van der Waals surface area contributed by atoms with Crippen molar-refractivity contribution in [2.24, 2.45) is 0 Å². The molecule has 0 radical (unpaired) electrons. The minimum Gasteiger partial charge on any atom is -0.482 e. The molecule has 2 aliphatic rings. The maximum Gasteiger partial charge on any atom is 0.265 e. The summed E-state index contributed by atoms with van der Waals surface area (Å²) < 4.78 is 16.1. The van der Waals surface area contributed by atoms with Gasteiger partial charge in [0.1, 0.15) is 11.5 Å². The molecule has 3 aromatic rings. The zero-order chi connectivity index (χ0) is 24.5. The van der Waals surface area contributed by atoms with Crippen molar-refractivity contribution in [1.29, 1.82) is 0 Å². The third-order valence-electron chi connectivity index (χ3n) is 5.87. The van der Waals surface area contributed by atoms with Gasteiger partial charge in [0, 0.05) is 30.0 Å². The van der Waals surface area contributed by atoms with Crippen molar-refractivity contribution in [2.75, 3.05) is 37.1 Å². The molecule has 1 N–H and O–H groups in total. The molecule has 1 unspecified atom stereocenters. The molecule has 1 atom stereocenters. The van der Waals surface area contributed by atoms with Crippen LogP contribution in [-0.4, -0.2) is 55.6 Å². The number of amides is 2. The number of nitrogens with zero attached hydrogens (tertiary/aromatic N) is 2. The van der Waals surface area contributed by atoms with Gasteiger partial charge in [-0.15, -0.1) is 11.3 Å². The SMILES string of the molecule is COCCc1nc(-c2ccc3c(c2)N(C(C)C(=O)c2ccc4c(c2)NC(=O)CO4)C(=O)CO3)cs1. The summed E-state index contributed by atoms with van der Waals surface area (Å²) in [5.74, 6) is 0.152. The number of benzene rings is 2. The van der Waals surface area contributed by atoms with Gasteiger partial charge < -0.3 is 19.5 Å². The predicted molar refractivity (Wildman–Crippen MR) is 130 cm³/mol. The molecule has 0 saturated carbocycles. The molecule has 2 amide bonds. The lowest BCUT2D eigenvalue weighted by atomic mass is 10.0. The van der Waals surface area contributed by atoms with Gasteiger partial charge in [0.2, 0.25) is 0 Å². The Kier molecular flexibility index (Phi) is 6.23. The third-order valence-corrected chi connectivity index (χ3v) is 6.78. The molecule has 2 aromatic carbocycles. The van der Waals surface area contributed by atoms with Gasteiger partial charge in [-0.25, -0.2) is 4.98 Å². The van der Waals surface area contributed by atoms with Crippen molar-refractivity contribution in [2.45, 2.75) is 19.4 Å². The molecule has 9 nitrogen and oxygen atoms in total. The first kappa shape index (κ1) is 23.0. The van der Waals surface area contributed by atoms with Crippen molar-refractivity contribution in [3.8, 4) is 22.8 Å². The van der Waals surface area contributed by atoms with Crippen LogP contribution in [0.1, 0.15) is 22.3 Å². The number of Topliss-reactive ketones (excluding diaryl/α,β-unsaturated/α-hetero) is 1. The van der Waals surface area contributed by atoms with Crippen LogP contribution in [0.25, 0.3) is 11.3 Å². The van der Waals surface area contributed by atoms with Crippen LogP contribution < -0.4 is 19.7 Å². The molecule has 0 spiro atoms. The normalized spacial score (nSPS) is 15.4. The first-order chi connectivity index (χ1) is 16.9. The molecule has 5 rings (SSSR count). The van der Waals surface area contributed by atoms with Crippen LogP contribution in [0.2, 0.25) is 0 Å². The summed E-state index contributed by atoms with van der Waals surface area (Å²) >= 11 is 1.55. The maximum absolute atomic E-state index is 13.4. The lowest BCUT2D eigenvalue weighted by molar-refractivity contribution is -0.121. The Balaban J connectivity index is 1.44. The van der Waals surface area contributed by atoms with E-state index >= 15 is 0 Å². The number of aromatic nitrogens is 1. The van der Waals surface area contributed by atoms with Gasteiger partial charge in [0.25, 0.3) is 11.8 Å². The maximum atomic E-state index is 13.4. The number of carbonyl (C=O) groups is 3. The van der Waals surface area contributed by atoms with Crippen molar-refractivity contribution in [3.05, 3.63) is 52.3 Å². The first-order valence-electron chi connectivity index (χ1n) is 11.1. The molecular weight excluding hydrogens is 470 g/mol. The lowest BCUT2D eigenvalue weighted by Gasteiger charge is -2.33. The summed E-state index contributed by atoms with van der Waals surface area (Å²) in [7, 11) is 1.65. The molecule has 180 valence electrons. The van der Waals surface area contributed by atoms with E-state index in [2.05, 4.69) is 10.3 Å². The molecular formula is C25H23N3O6S. The van der Waals surface area contributed by atoms with Gasteiger partial charge in [0.15, 0.2) is 19.0 Å². The number of fused-ring (bicyclic) bond motifs is 2. The topological polar surface area (TPSA) is 107 Å². The number of rotatable bonds is 7. The van der Waals surface area contributed by atoms with E-state index in [9.17, 15) is 14.4 Å². The van der Waals surface area contributed by atoms with Crippen molar-refractivity contribution < 1.29 is 28.6 Å². The Hall–Kier alpha value is -3.76. The van der Waals surface area contributed by atoms with Crippen LogP contribution in [-0.2, 0) is 20.7 Å². The van der Waals surface area contributed by atoms with Crippen LogP contribution >= 0.6 is 11.3 Å². The number of methoxy groups -OCH3 is 1. The highest BCUT2D eigenvalue weighted by Crippen LogP contribution is 2.38. The first-order valence-corrected chi connectivity index (χ1v) is 12.0. The van der Waals surface area contributed by atoms with E-state index in [4.69, 9.17) is 14.2 Å². The second-order valence-corrected chi connectivity index (χ2v) is 9.13. The predicted octanol–water partition coefficient (Wildman–Crippen LogP) is 3.33. The fourth-order valence-electron chi connectivity index (χ4n) is 4.10. The van der Waals surface area contributed by atoms with Crippen LogP contribution in [0, 0.1) is 0 Å². The monoisotopic (exact) mass is 493 g/mol. The van der Waals surface area contributed by atoms with Crippen LogP contribution in [0.3, 0.4) is 0 Å². The summed E-state index contributed by atoms with van der Waals surface area (Å²) in [5.41, 5.74) is 2.91. The van der Waals surface area contributed by atoms with E-state index in [0.29, 0.717) is 35.0 Å². The average molecular weight is 494 g/mol. The van der Waals surface area contributed by atoms with Gasteiger partial charge in [-0.05, 0) is 43.3 Å². The van der Waals surface area contributed by atoms with E-state index in [1.807, 2.05) is 17.5 Å². The van der Waals surface area contributed by atoms with E-state index < -0.39 is 6.04 Å². The number of nitrogens with one attached hydrogen (secondary N) is 1. The molecule has 0 fully saturated rings. The summed E-state index contributed by atoms with van der Waals surface area (Å²) in [5, 5.41) is 5.62. The Morgan fingerprint density at radius 2 is 1.97 bits per heavy atom. The fourth-order valence-corrected chi connectivity index (χ4v) is 4.89. The summed E-state index contributed by atoms with van der Waals surface area (Å²) in [6.45, 7) is 2.05. The van der Waals surface area contributed by atoms with Crippen molar-refractivity contribution in [1.82, 2.24) is 4.98 Å². The van der Waals surface area contributed by atoms with Gasteiger partial charge in [-0.1, -0.05) is 0 Å². The Labute approximate surface area is 205 Å². The van der Waals surface area contributed by atoms with Gasteiger partial charge in [-0.3, -0.25) is 19.3 Å². The van der Waals surface area contributed by atoms with E-state index in [0.717, 1.165) is 22.7 Å². The summed E-state index contributed by atoms with van der Waals surface area (Å²) in [4.78, 5) is 44.1. The van der Waals surface area contributed by atoms with Crippen molar-refractivity contribution in [3.63, 3.8) is 0 Å². The Bertz CT molecular complexity index is 1320. The number of hydrogen-bond acceptors (Lipinski definition) is 8. The second-order valence-electron chi connectivity index (χ2n) is 8.19. The summed E-state index contributed by atoms with van der Waals surface area (Å²) in [6.07, 6.45) is 0.720. The number of ketones is 1. The van der Waals surface area contributed by atoms with Gasteiger partial charge in [-0.2, -0.15) is 0 Å². The van der Waals surface area contributed by atoms with E-state index in [-0.39, 0.29) is 30.8 Å². The number of thiazole rings is 1. The zero-order valence-corrected chi connectivity index (χ0v) is 20.0. The molecule has 2 aliphatic heterocycles. The van der Waals surface area contributed by atoms with Crippen molar-refractivity contribution >= 4 is 40.3 Å². The van der Waals surface area contributed by atoms with E-state index in [1.54, 1.807) is 49.6 Å². The smallest absolute Gasteiger partial charge is 0.265 e. The number of hydrogen-bond donors (Lipinski definition) is 1. The highest BCUT2D eigenvalue weighted by atomic mass is 32.1. The van der Waals surface area contributed by atoms with Gasteiger partial charge in [0.05, 0.1) is 34.7 Å². The Morgan fingerprint density at radius 3 is 2.80 bits per heavy atom. The quantitative estimate of drug-likeness (QED) is 0.503. The number of carbonyl (C=O) groups excluding carboxylic acids is 3. The van der Waals surface area contributed by atoms with Crippen LogP contribution in [0.15, 0.2) is 41.8 Å². The highest BCUT2D eigenvalue weighted by Gasteiger charge is 2.34. The lowest BCUT2D eigenvalue weighted by Crippen LogP contribution is -2.48. The number of ether oxygens (including phenoxy) is 3. The summed E-state index contributed by atoms with van der Waals surface area (Å²) in [6, 6.07) is 9.56. The molecule has 35 heavy (non-hydrogen) atoms. The van der Waals surface area contributed by atoms with Crippen LogP contribution in [0.4, 0.5) is 11.4 Å². The highest BCUT2D eigenvalue weighted by molar-refractivity contribution is 7.09. The largest absolute Gasteiger partial charge is 0.482 e. The fraction of sp³-hybridized carbons (Fsp3) is 0.280. The van der Waals surface area contributed by atoms with Crippen LogP contribution in [0.5, 0.6) is 11.5 Å². The second kappa shape index (κ2) is 9.47. The molecule has 1 aromatic heterocycles. The standard InChI is InChI=1S/C25H23N3O6S/c1-14(25(31)16-4-5-20-17(9-16)26-22(29)11-33-20)28-19-10-15(3-6-21(19)34-12-24(28)30)18-13-35-23(27-18)7-8-32-2/h3-6,9-10,13-14H,7-8,11-12H2,1-2H3,(H,26,29). The minimum atomic E-state index is -0.800. The molecule has 3 heterocycles. The Morgan fingerprint density at radius 1 is 1.17 bits per heavy atom.